The van der Waals surface area contributed by atoms with E-state index in [1.54, 1.807) is 0 Å². The Balaban J connectivity index is 1.28. The Labute approximate surface area is 220 Å². The van der Waals surface area contributed by atoms with E-state index in [1.807, 2.05) is 42.5 Å². The largest absolute Gasteiger partial charge is 0.352 e. The number of rotatable bonds is 4. The van der Waals surface area contributed by atoms with Crippen LogP contribution in [-0.2, 0) is 0 Å². The molecule has 0 unspecified atom stereocenters. The van der Waals surface area contributed by atoms with Gasteiger partial charge in [0.25, 0.3) is 5.56 Å². The second-order valence-electron chi connectivity index (χ2n) is 9.79. The predicted octanol–water partition coefficient (Wildman–Crippen LogP) is 5.31. The van der Waals surface area contributed by atoms with E-state index in [0.29, 0.717) is 16.6 Å². The standard InChI is InChI=1S/C32H27N5O/c38-32-27-17-9-10-18-28(27)33-30-25-15-7-8-16-26(25)31(34-37(30)32)36-21-19-35(20-22-36)29(23-11-3-1-4-12-23)24-13-5-2-6-14-24/h1-18,29H,19-22H2. The lowest BCUT2D eigenvalue weighted by Gasteiger charge is -2.40. The minimum atomic E-state index is -0.135. The van der Waals surface area contributed by atoms with Crippen molar-refractivity contribution in [3.63, 3.8) is 0 Å². The van der Waals surface area contributed by atoms with E-state index < -0.39 is 0 Å². The van der Waals surface area contributed by atoms with Crippen molar-refractivity contribution in [2.24, 2.45) is 0 Å². The molecule has 1 aliphatic heterocycles. The van der Waals surface area contributed by atoms with Crippen LogP contribution in [0.5, 0.6) is 0 Å². The smallest absolute Gasteiger partial charge is 0.282 e. The van der Waals surface area contributed by atoms with E-state index in [4.69, 9.17) is 10.1 Å². The summed E-state index contributed by atoms with van der Waals surface area (Å²) in [5.74, 6) is 0.836. The van der Waals surface area contributed by atoms with Crippen LogP contribution < -0.4 is 10.5 Å². The number of nitrogens with zero attached hydrogens (tertiary/aromatic N) is 5. The molecule has 0 spiro atoms. The maximum atomic E-state index is 13.5. The summed E-state index contributed by atoms with van der Waals surface area (Å²) in [6.07, 6.45) is 0. The molecule has 0 atom stereocenters. The number of hydrogen-bond acceptors (Lipinski definition) is 5. The number of piperazine rings is 1. The first kappa shape index (κ1) is 22.6. The summed E-state index contributed by atoms with van der Waals surface area (Å²) in [7, 11) is 0. The third kappa shape index (κ3) is 3.81. The lowest BCUT2D eigenvalue weighted by atomic mass is 9.96. The third-order valence-electron chi connectivity index (χ3n) is 7.57. The highest BCUT2D eigenvalue weighted by atomic mass is 16.1. The van der Waals surface area contributed by atoms with Crippen molar-refractivity contribution in [3.05, 3.63) is 131 Å². The Hall–Kier alpha value is -4.55. The van der Waals surface area contributed by atoms with Crippen molar-refractivity contribution in [1.82, 2.24) is 19.5 Å². The molecule has 3 heterocycles. The van der Waals surface area contributed by atoms with E-state index in [1.165, 1.54) is 15.6 Å². The molecule has 38 heavy (non-hydrogen) atoms. The average molecular weight is 498 g/mol. The van der Waals surface area contributed by atoms with Gasteiger partial charge in [-0.1, -0.05) is 97.1 Å². The summed E-state index contributed by atoms with van der Waals surface area (Å²) in [6, 6.07) is 37.3. The monoisotopic (exact) mass is 497 g/mol. The van der Waals surface area contributed by atoms with E-state index >= 15 is 0 Å². The van der Waals surface area contributed by atoms with Crippen molar-refractivity contribution in [1.29, 1.82) is 0 Å². The van der Waals surface area contributed by atoms with Crippen LogP contribution >= 0.6 is 0 Å². The fourth-order valence-electron chi connectivity index (χ4n) is 5.72. The predicted molar refractivity (Wildman–Crippen MR) is 153 cm³/mol. The molecule has 4 aromatic carbocycles. The van der Waals surface area contributed by atoms with E-state index in [-0.39, 0.29) is 11.6 Å². The van der Waals surface area contributed by atoms with Crippen LogP contribution in [-0.4, -0.2) is 45.7 Å². The molecule has 0 amide bonds. The topological polar surface area (TPSA) is 53.7 Å². The first-order valence-electron chi connectivity index (χ1n) is 13.1. The van der Waals surface area contributed by atoms with Gasteiger partial charge in [-0.05, 0) is 23.3 Å². The Bertz CT molecular complexity index is 1770. The minimum absolute atomic E-state index is 0.135. The highest BCUT2D eigenvalue weighted by molar-refractivity contribution is 6.01. The van der Waals surface area contributed by atoms with Gasteiger partial charge in [-0.2, -0.15) is 4.52 Å². The van der Waals surface area contributed by atoms with Crippen LogP contribution in [0.4, 0.5) is 5.82 Å². The van der Waals surface area contributed by atoms with Crippen molar-refractivity contribution in [3.8, 4) is 0 Å². The van der Waals surface area contributed by atoms with E-state index in [0.717, 1.165) is 42.8 Å². The second kappa shape index (κ2) is 9.39. The van der Waals surface area contributed by atoms with Gasteiger partial charge in [0, 0.05) is 37.0 Å². The van der Waals surface area contributed by atoms with Crippen LogP contribution in [0.2, 0.25) is 0 Å². The quantitative estimate of drug-likeness (QED) is 0.244. The summed E-state index contributed by atoms with van der Waals surface area (Å²) in [5.41, 5.74) is 3.75. The summed E-state index contributed by atoms with van der Waals surface area (Å²) < 4.78 is 1.49. The molecule has 1 fully saturated rings. The SMILES string of the molecule is O=c1c2ccccc2nc2c3ccccc3c(N3CCN(C(c4ccccc4)c4ccccc4)CC3)nn12. The molecule has 2 aromatic heterocycles. The van der Waals surface area contributed by atoms with Crippen molar-refractivity contribution in [2.45, 2.75) is 6.04 Å². The molecule has 186 valence electrons. The minimum Gasteiger partial charge on any atom is -0.352 e. The van der Waals surface area contributed by atoms with Gasteiger partial charge in [0.1, 0.15) is 0 Å². The zero-order valence-electron chi connectivity index (χ0n) is 20.9. The molecule has 0 aliphatic carbocycles. The molecule has 6 nitrogen and oxygen atoms in total. The fourth-order valence-corrected chi connectivity index (χ4v) is 5.72. The van der Waals surface area contributed by atoms with Crippen molar-refractivity contribution < 1.29 is 0 Å². The molecule has 7 rings (SSSR count). The summed E-state index contributed by atoms with van der Waals surface area (Å²) in [6.45, 7) is 3.39. The maximum absolute atomic E-state index is 13.5. The van der Waals surface area contributed by atoms with E-state index in [2.05, 4.69) is 76.5 Å². The Morgan fingerprint density at radius 3 is 1.82 bits per heavy atom. The van der Waals surface area contributed by atoms with Crippen LogP contribution in [0.1, 0.15) is 17.2 Å². The molecule has 0 saturated carbocycles. The highest BCUT2D eigenvalue weighted by Crippen LogP contribution is 2.32. The average Bonchev–Trinajstić information content (AvgIpc) is 2.99. The number of aromatic nitrogens is 3. The molecular weight excluding hydrogens is 470 g/mol. The van der Waals surface area contributed by atoms with Gasteiger partial charge in [0.05, 0.1) is 16.9 Å². The normalized spacial score (nSPS) is 14.6. The molecular formula is C32H27N5O. The van der Waals surface area contributed by atoms with Gasteiger partial charge >= 0.3 is 0 Å². The number of hydrogen-bond donors (Lipinski definition) is 0. The lowest BCUT2D eigenvalue weighted by Crippen LogP contribution is -2.48. The molecule has 6 aromatic rings. The molecule has 1 aliphatic rings. The molecule has 6 heteroatoms. The van der Waals surface area contributed by atoms with Crippen LogP contribution in [0.3, 0.4) is 0 Å². The van der Waals surface area contributed by atoms with Crippen molar-refractivity contribution in [2.75, 3.05) is 31.1 Å². The van der Waals surface area contributed by atoms with Gasteiger partial charge < -0.3 is 4.90 Å². The Morgan fingerprint density at radius 2 is 1.16 bits per heavy atom. The number of benzene rings is 4. The summed E-state index contributed by atoms with van der Waals surface area (Å²) in [5, 5.41) is 7.45. The fraction of sp³-hybridized carbons (Fsp3) is 0.156. The summed E-state index contributed by atoms with van der Waals surface area (Å²) in [4.78, 5) is 23.1. The maximum Gasteiger partial charge on any atom is 0.282 e. The molecule has 0 radical (unpaired) electrons. The first-order valence-corrected chi connectivity index (χ1v) is 13.1. The zero-order valence-corrected chi connectivity index (χ0v) is 20.9. The lowest BCUT2D eigenvalue weighted by molar-refractivity contribution is 0.212. The number of para-hydroxylation sites is 1. The van der Waals surface area contributed by atoms with Gasteiger partial charge in [0.15, 0.2) is 11.5 Å². The molecule has 1 saturated heterocycles. The summed E-state index contributed by atoms with van der Waals surface area (Å²) >= 11 is 0. The van der Waals surface area contributed by atoms with Crippen LogP contribution in [0, 0.1) is 0 Å². The first-order chi connectivity index (χ1) is 18.8. The number of fused-ring (bicyclic) bond motifs is 4. The number of anilines is 1. The van der Waals surface area contributed by atoms with Gasteiger partial charge in [-0.3, -0.25) is 9.69 Å². The molecule has 0 bridgehead atoms. The second-order valence-corrected chi connectivity index (χ2v) is 9.79. The highest BCUT2D eigenvalue weighted by Gasteiger charge is 2.28. The zero-order chi connectivity index (χ0) is 25.5. The third-order valence-corrected chi connectivity index (χ3v) is 7.57. The van der Waals surface area contributed by atoms with Gasteiger partial charge in [0.2, 0.25) is 0 Å². The Morgan fingerprint density at radius 1 is 0.605 bits per heavy atom. The Kier molecular flexibility index (Phi) is 5.60. The molecule has 0 N–H and O–H groups in total. The van der Waals surface area contributed by atoms with Gasteiger partial charge in [-0.25, -0.2) is 4.98 Å². The van der Waals surface area contributed by atoms with E-state index in [9.17, 15) is 4.79 Å². The van der Waals surface area contributed by atoms with Crippen LogP contribution in [0.15, 0.2) is 114 Å². The van der Waals surface area contributed by atoms with Gasteiger partial charge in [-0.15, -0.1) is 5.10 Å². The van der Waals surface area contributed by atoms with Crippen molar-refractivity contribution >= 4 is 33.1 Å². The van der Waals surface area contributed by atoms with Crippen LogP contribution in [0.25, 0.3) is 27.3 Å².